The van der Waals surface area contributed by atoms with Gasteiger partial charge >= 0.3 is 0 Å². The van der Waals surface area contributed by atoms with Crippen LogP contribution in [0.1, 0.15) is 34.4 Å². The Morgan fingerprint density at radius 3 is 2.38 bits per heavy atom. The number of carbonyl (C=O) groups is 1. The van der Waals surface area contributed by atoms with E-state index in [0.29, 0.717) is 11.4 Å². The molecule has 0 amide bonds. The fraction of sp³-hybridized carbons (Fsp3) is 0.182. The van der Waals surface area contributed by atoms with Crippen molar-refractivity contribution in [3.8, 4) is 0 Å². The van der Waals surface area contributed by atoms with Crippen molar-refractivity contribution in [1.29, 1.82) is 0 Å². The summed E-state index contributed by atoms with van der Waals surface area (Å²) in [5.41, 5.74) is 4.55. The maximum absolute atomic E-state index is 11.8. The van der Waals surface area contributed by atoms with Crippen LogP contribution in [0.5, 0.6) is 0 Å². The highest BCUT2D eigenvalue weighted by Crippen LogP contribution is 2.43. The highest BCUT2D eigenvalue weighted by Gasteiger charge is 2.37. The lowest BCUT2D eigenvalue weighted by Crippen LogP contribution is -2.31. The van der Waals surface area contributed by atoms with Crippen LogP contribution in [0.4, 0.5) is 0 Å². The second kappa shape index (κ2) is 7.73. The SMILES string of the molecule is Cc1cc([C@](CC=O)(c2ccc(Br)cc2)c2ccc(Cl)cc2C)ccn1. The lowest BCUT2D eigenvalue weighted by Gasteiger charge is -2.36. The van der Waals surface area contributed by atoms with Crippen LogP contribution in [0.25, 0.3) is 0 Å². The van der Waals surface area contributed by atoms with Gasteiger partial charge in [0.15, 0.2) is 0 Å². The fourth-order valence-corrected chi connectivity index (χ4v) is 4.09. The third-order valence-corrected chi connectivity index (χ3v) is 5.53. The third-order valence-electron chi connectivity index (χ3n) is 4.76. The molecule has 4 heteroatoms. The Morgan fingerprint density at radius 1 is 1.04 bits per heavy atom. The van der Waals surface area contributed by atoms with Crippen molar-refractivity contribution >= 4 is 33.8 Å². The summed E-state index contributed by atoms with van der Waals surface area (Å²) in [5, 5.41) is 0.688. The summed E-state index contributed by atoms with van der Waals surface area (Å²) in [4.78, 5) is 16.2. The highest BCUT2D eigenvalue weighted by atomic mass is 79.9. The maximum atomic E-state index is 11.8. The molecule has 2 nitrogen and oxygen atoms in total. The van der Waals surface area contributed by atoms with E-state index in [-0.39, 0.29) is 0 Å². The monoisotopic (exact) mass is 427 g/mol. The van der Waals surface area contributed by atoms with Crippen molar-refractivity contribution < 1.29 is 4.79 Å². The van der Waals surface area contributed by atoms with E-state index in [9.17, 15) is 4.79 Å². The molecule has 3 aromatic rings. The van der Waals surface area contributed by atoms with E-state index >= 15 is 0 Å². The van der Waals surface area contributed by atoms with Crippen LogP contribution < -0.4 is 0 Å². The zero-order valence-electron chi connectivity index (χ0n) is 14.7. The molecule has 0 spiro atoms. The number of rotatable bonds is 5. The van der Waals surface area contributed by atoms with Gasteiger partial charge in [0, 0.05) is 27.8 Å². The van der Waals surface area contributed by atoms with Crippen molar-refractivity contribution in [2.24, 2.45) is 0 Å². The number of halogens is 2. The number of hydrogen-bond acceptors (Lipinski definition) is 2. The van der Waals surface area contributed by atoms with Gasteiger partial charge in [-0.3, -0.25) is 4.98 Å². The van der Waals surface area contributed by atoms with Crippen LogP contribution in [0.15, 0.2) is 65.3 Å². The molecule has 132 valence electrons. The molecule has 0 bridgehead atoms. The van der Waals surface area contributed by atoms with Gasteiger partial charge in [-0.15, -0.1) is 0 Å². The molecule has 0 radical (unpaired) electrons. The van der Waals surface area contributed by atoms with E-state index in [4.69, 9.17) is 11.6 Å². The Hall–Kier alpha value is -1.97. The Morgan fingerprint density at radius 2 is 1.77 bits per heavy atom. The molecule has 0 N–H and O–H groups in total. The molecule has 0 unspecified atom stereocenters. The zero-order valence-corrected chi connectivity index (χ0v) is 17.0. The number of benzene rings is 2. The van der Waals surface area contributed by atoms with E-state index in [2.05, 4.69) is 39.1 Å². The Labute approximate surface area is 167 Å². The van der Waals surface area contributed by atoms with Crippen molar-refractivity contribution in [3.63, 3.8) is 0 Å². The minimum absolute atomic E-state index is 0.334. The van der Waals surface area contributed by atoms with E-state index in [0.717, 1.165) is 38.7 Å². The quantitative estimate of drug-likeness (QED) is 0.464. The molecular formula is C22H19BrClNO. The first-order valence-electron chi connectivity index (χ1n) is 8.37. The summed E-state index contributed by atoms with van der Waals surface area (Å²) in [6.45, 7) is 4.00. The van der Waals surface area contributed by atoms with Gasteiger partial charge in [0.05, 0.1) is 5.41 Å². The van der Waals surface area contributed by atoms with Gasteiger partial charge < -0.3 is 4.79 Å². The van der Waals surface area contributed by atoms with Crippen LogP contribution in [0, 0.1) is 13.8 Å². The highest BCUT2D eigenvalue weighted by molar-refractivity contribution is 9.10. The number of hydrogen-bond donors (Lipinski definition) is 0. The lowest BCUT2D eigenvalue weighted by molar-refractivity contribution is -0.108. The number of aromatic nitrogens is 1. The molecule has 0 fully saturated rings. The van der Waals surface area contributed by atoms with Crippen molar-refractivity contribution in [2.75, 3.05) is 0 Å². The van der Waals surface area contributed by atoms with Crippen molar-refractivity contribution in [3.05, 3.63) is 98.2 Å². The van der Waals surface area contributed by atoms with Crippen molar-refractivity contribution in [2.45, 2.75) is 25.7 Å². The first-order valence-corrected chi connectivity index (χ1v) is 9.54. The van der Waals surface area contributed by atoms with Gasteiger partial charge in [-0.25, -0.2) is 0 Å². The van der Waals surface area contributed by atoms with Gasteiger partial charge in [-0.05, 0) is 72.5 Å². The molecule has 3 rings (SSSR count). The van der Waals surface area contributed by atoms with Gasteiger partial charge in [0.2, 0.25) is 0 Å². The predicted molar refractivity (Wildman–Crippen MR) is 110 cm³/mol. The Balaban J connectivity index is 2.38. The summed E-state index contributed by atoms with van der Waals surface area (Å²) < 4.78 is 1.000. The normalized spacial score (nSPS) is 13.2. The molecule has 0 saturated heterocycles. The van der Waals surface area contributed by atoms with Crippen LogP contribution >= 0.6 is 27.5 Å². The number of aryl methyl sites for hydroxylation is 2. The topological polar surface area (TPSA) is 30.0 Å². The van der Waals surface area contributed by atoms with Gasteiger partial charge in [-0.2, -0.15) is 0 Å². The molecule has 0 saturated carbocycles. The average molecular weight is 429 g/mol. The summed E-state index contributed by atoms with van der Waals surface area (Å²) >= 11 is 9.70. The van der Waals surface area contributed by atoms with E-state index in [1.807, 2.05) is 50.2 Å². The third kappa shape index (κ3) is 3.46. The number of carbonyl (C=O) groups excluding carboxylic acids is 1. The first kappa shape index (κ1) is 18.8. The Bertz CT molecular complexity index is 939. The minimum Gasteiger partial charge on any atom is -0.303 e. The number of nitrogens with zero attached hydrogens (tertiary/aromatic N) is 1. The molecule has 2 aromatic carbocycles. The average Bonchev–Trinajstić information content (AvgIpc) is 2.61. The lowest BCUT2D eigenvalue weighted by atomic mass is 9.66. The fourth-order valence-electron chi connectivity index (χ4n) is 3.60. The number of aldehydes is 1. The zero-order chi connectivity index (χ0) is 18.7. The molecule has 1 heterocycles. The maximum Gasteiger partial charge on any atom is 0.121 e. The minimum atomic E-state index is -0.592. The van der Waals surface area contributed by atoms with Gasteiger partial charge in [0.1, 0.15) is 6.29 Å². The summed E-state index contributed by atoms with van der Waals surface area (Å²) in [6.07, 6.45) is 3.13. The van der Waals surface area contributed by atoms with Crippen molar-refractivity contribution in [1.82, 2.24) is 4.98 Å². The summed E-state index contributed by atoms with van der Waals surface area (Å²) in [6, 6.07) is 18.1. The smallest absolute Gasteiger partial charge is 0.121 e. The van der Waals surface area contributed by atoms with E-state index in [1.165, 1.54) is 0 Å². The first-order chi connectivity index (χ1) is 12.5. The molecule has 0 aliphatic carbocycles. The molecule has 0 aliphatic rings. The summed E-state index contributed by atoms with van der Waals surface area (Å²) in [5.74, 6) is 0. The second-order valence-corrected chi connectivity index (χ2v) is 7.78. The van der Waals surface area contributed by atoms with Gasteiger partial charge in [0.25, 0.3) is 0 Å². The van der Waals surface area contributed by atoms with E-state index in [1.54, 1.807) is 6.20 Å². The van der Waals surface area contributed by atoms with Crippen LogP contribution in [-0.2, 0) is 10.2 Å². The second-order valence-electron chi connectivity index (χ2n) is 6.43. The Kier molecular flexibility index (Phi) is 5.59. The molecular weight excluding hydrogens is 410 g/mol. The molecule has 1 aromatic heterocycles. The standard InChI is InChI=1S/C22H19BrClNO/c1-15-13-20(24)7-8-21(15)22(10-12-26,17-3-5-19(23)6-4-17)18-9-11-25-16(2)14-18/h3-9,11-14H,10H2,1-2H3/t22-/m0/s1. The van der Waals surface area contributed by atoms with Crippen LogP contribution in [0.3, 0.4) is 0 Å². The van der Waals surface area contributed by atoms with E-state index < -0.39 is 5.41 Å². The van der Waals surface area contributed by atoms with Crippen LogP contribution in [-0.4, -0.2) is 11.3 Å². The van der Waals surface area contributed by atoms with Crippen LogP contribution in [0.2, 0.25) is 5.02 Å². The molecule has 1 atom stereocenters. The van der Waals surface area contributed by atoms with Gasteiger partial charge in [-0.1, -0.05) is 45.7 Å². The molecule has 26 heavy (non-hydrogen) atoms. The number of pyridine rings is 1. The summed E-state index contributed by atoms with van der Waals surface area (Å²) in [7, 11) is 0. The molecule has 0 aliphatic heterocycles. The largest absolute Gasteiger partial charge is 0.303 e. The predicted octanol–water partition coefficient (Wildman–Crippen LogP) is 6.04.